The van der Waals surface area contributed by atoms with Crippen molar-refractivity contribution in [2.75, 3.05) is 12.4 Å². The summed E-state index contributed by atoms with van der Waals surface area (Å²) in [5, 5.41) is 3.56. The molecule has 0 radical (unpaired) electrons. The van der Waals surface area contributed by atoms with Crippen molar-refractivity contribution in [1.29, 1.82) is 0 Å². The largest absolute Gasteiger partial charge is 0.480 e. The normalized spacial score (nSPS) is 16.9. The average molecular weight is 220 g/mol. The Morgan fingerprint density at radius 1 is 1.56 bits per heavy atom. The fourth-order valence-corrected chi connectivity index (χ4v) is 2.07. The second kappa shape index (κ2) is 4.73. The molecule has 0 bridgehead atoms. The van der Waals surface area contributed by atoms with Gasteiger partial charge in [0.15, 0.2) is 0 Å². The molecular formula is C13H20N2O. The lowest BCUT2D eigenvalue weighted by Crippen LogP contribution is -2.21. The Hall–Kier alpha value is -1.25. The molecule has 0 aliphatic heterocycles. The minimum atomic E-state index is 0.567. The fraction of sp³-hybridized carbons (Fsp3) is 0.615. The Bertz CT molecular complexity index is 361. The smallest absolute Gasteiger partial charge is 0.237 e. The highest BCUT2D eigenvalue weighted by atomic mass is 16.5. The maximum absolute atomic E-state index is 5.27. The van der Waals surface area contributed by atoms with E-state index in [1.165, 1.54) is 12.8 Å². The Labute approximate surface area is 97.2 Å². The van der Waals surface area contributed by atoms with E-state index in [1.807, 2.05) is 6.20 Å². The van der Waals surface area contributed by atoms with Gasteiger partial charge in [-0.1, -0.05) is 6.92 Å². The zero-order valence-corrected chi connectivity index (χ0v) is 10.3. The van der Waals surface area contributed by atoms with Gasteiger partial charge < -0.3 is 10.1 Å². The van der Waals surface area contributed by atoms with E-state index in [9.17, 15) is 0 Å². The summed E-state index contributed by atoms with van der Waals surface area (Å²) in [6.45, 7) is 4.28. The number of rotatable bonds is 5. The maximum atomic E-state index is 5.27. The van der Waals surface area contributed by atoms with Gasteiger partial charge in [-0.2, -0.15) is 0 Å². The standard InChI is InChI=1S/C13H20N2O/c1-4-11(10-5-6-10)15-12-7-9(2)8-14-13(12)16-3/h7-8,10-11,15H,4-6H2,1-3H3. The van der Waals surface area contributed by atoms with E-state index in [0.29, 0.717) is 11.9 Å². The fourth-order valence-electron chi connectivity index (χ4n) is 2.07. The molecule has 2 rings (SSSR count). The Balaban J connectivity index is 2.14. The van der Waals surface area contributed by atoms with Crippen LogP contribution in [0.3, 0.4) is 0 Å². The van der Waals surface area contributed by atoms with Gasteiger partial charge >= 0.3 is 0 Å². The van der Waals surface area contributed by atoms with Crippen LogP contribution in [0.1, 0.15) is 31.7 Å². The van der Waals surface area contributed by atoms with Crippen molar-refractivity contribution in [3.05, 3.63) is 17.8 Å². The molecule has 16 heavy (non-hydrogen) atoms. The minimum absolute atomic E-state index is 0.567. The Morgan fingerprint density at radius 3 is 2.88 bits per heavy atom. The third-order valence-electron chi connectivity index (χ3n) is 3.15. The second-order valence-corrected chi connectivity index (χ2v) is 4.57. The van der Waals surface area contributed by atoms with E-state index in [4.69, 9.17) is 4.74 Å². The number of aromatic nitrogens is 1. The number of aryl methyl sites for hydroxylation is 1. The van der Waals surface area contributed by atoms with Crippen LogP contribution in [-0.2, 0) is 0 Å². The predicted molar refractivity (Wildman–Crippen MR) is 66.0 cm³/mol. The quantitative estimate of drug-likeness (QED) is 0.828. The van der Waals surface area contributed by atoms with E-state index in [1.54, 1.807) is 7.11 Å². The molecule has 1 saturated carbocycles. The molecule has 0 amide bonds. The van der Waals surface area contributed by atoms with Crippen molar-refractivity contribution < 1.29 is 4.74 Å². The molecule has 1 N–H and O–H groups in total. The number of pyridine rings is 1. The zero-order chi connectivity index (χ0) is 11.5. The Morgan fingerprint density at radius 2 is 2.31 bits per heavy atom. The lowest BCUT2D eigenvalue weighted by atomic mass is 10.1. The molecule has 1 atom stereocenters. The van der Waals surface area contributed by atoms with Gasteiger partial charge in [-0.15, -0.1) is 0 Å². The summed E-state index contributed by atoms with van der Waals surface area (Å²) in [6, 6.07) is 2.68. The first-order valence-electron chi connectivity index (χ1n) is 6.01. The van der Waals surface area contributed by atoms with Crippen LogP contribution in [-0.4, -0.2) is 18.1 Å². The highest BCUT2D eigenvalue weighted by Crippen LogP contribution is 2.36. The molecule has 1 aliphatic rings. The van der Waals surface area contributed by atoms with Gasteiger partial charge in [-0.05, 0) is 43.7 Å². The van der Waals surface area contributed by atoms with Crippen LogP contribution in [0.4, 0.5) is 5.69 Å². The van der Waals surface area contributed by atoms with Gasteiger partial charge in [-0.25, -0.2) is 4.98 Å². The topological polar surface area (TPSA) is 34.2 Å². The molecule has 0 saturated heterocycles. The maximum Gasteiger partial charge on any atom is 0.237 e. The molecular weight excluding hydrogens is 200 g/mol. The van der Waals surface area contributed by atoms with Crippen molar-refractivity contribution in [3.63, 3.8) is 0 Å². The van der Waals surface area contributed by atoms with Crippen molar-refractivity contribution in [1.82, 2.24) is 4.98 Å². The molecule has 1 unspecified atom stereocenters. The average Bonchev–Trinajstić information content (AvgIpc) is 3.10. The number of anilines is 1. The van der Waals surface area contributed by atoms with Gasteiger partial charge in [0.05, 0.1) is 12.8 Å². The van der Waals surface area contributed by atoms with E-state index >= 15 is 0 Å². The molecule has 88 valence electrons. The molecule has 0 aromatic carbocycles. The van der Waals surface area contributed by atoms with Gasteiger partial charge in [0, 0.05) is 12.2 Å². The van der Waals surface area contributed by atoms with Crippen molar-refractivity contribution >= 4 is 5.69 Å². The third-order valence-corrected chi connectivity index (χ3v) is 3.15. The summed E-state index contributed by atoms with van der Waals surface area (Å²) in [7, 11) is 1.67. The monoisotopic (exact) mass is 220 g/mol. The van der Waals surface area contributed by atoms with Crippen molar-refractivity contribution in [2.24, 2.45) is 5.92 Å². The zero-order valence-electron chi connectivity index (χ0n) is 10.3. The van der Waals surface area contributed by atoms with Gasteiger partial charge in [-0.3, -0.25) is 0 Å². The van der Waals surface area contributed by atoms with Crippen LogP contribution in [0.15, 0.2) is 12.3 Å². The number of hydrogen-bond acceptors (Lipinski definition) is 3. The highest BCUT2D eigenvalue weighted by Gasteiger charge is 2.30. The van der Waals surface area contributed by atoms with Crippen LogP contribution in [0, 0.1) is 12.8 Å². The molecule has 1 aliphatic carbocycles. The molecule has 1 aromatic heterocycles. The van der Waals surface area contributed by atoms with Crippen LogP contribution < -0.4 is 10.1 Å². The predicted octanol–water partition coefficient (Wildman–Crippen LogP) is 3.00. The van der Waals surface area contributed by atoms with Crippen molar-refractivity contribution in [2.45, 2.75) is 39.2 Å². The minimum Gasteiger partial charge on any atom is -0.480 e. The summed E-state index contributed by atoms with van der Waals surface area (Å²) in [5.41, 5.74) is 2.19. The molecule has 3 heteroatoms. The molecule has 0 spiro atoms. The first-order valence-corrected chi connectivity index (χ1v) is 6.01. The summed E-state index contributed by atoms with van der Waals surface area (Å²) >= 11 is 0. The van der Waals surface area contributed by atoms with E-state index in [2.05, 4.69) is 30.2 Å². The van der Waals surface area contributed by atoms with Gasteiger partial charge in [0.2, 0.25) is 5.88 Å². The molecule has 1 heterocycles. The highest BCUT2D eigenvalue weighted by molar-refractivity contribution is 5.54. The summed E-state index contributed by atoms with van der Waals surface area (Å²) in [6.07, 6.45) is 5.70. The molecule has 1 aromatic rings. The number of nitrogens with one attached hydrogen (secondary N) is 1. The van der Waals surface area contributed by atoms with E-state index < -0.39 is 0 Å². The summed E-state index contributed by atoms with van der Waals surface area (Å²) in [4.78, 5) is 4.28. The first kappa shape index (κ1) is 11.2. The van der Waals surface area contributed by atoms with Crippen LogP contribution in [0.5, 0.6) is 5.88 Å². The van der Waals surface area contributed by atoms with Crippen LogP contribution in [0.25, 0.3) is 0 Å². The van der Waals surface area contributed by atoms with Gasteiger partial charge in [0.25, 0.3) is 0 Å². The van der Waals surface area contributed by atoms with E-state index in [-0.39, 0.29) is 0 Å². The SMILES string of the molecule is CCC(Nc1cc(C)cnc1OC)C1CC1. The second-order valence-electron chi connectivity index (χ2n) is 4.57. The summed E-state index contributed by atoms with van der Waals surface area (Å²) < 4.78 is 5.27. The lowest BCUT2D eigenvalue weighted by Gasteiger charge is -2.19. The number of hydrogen-bond donors (Lipinski definition) is 1. The van der Waals surface area contributed by atoms with E-state index in [0.717, 1.165) is 23.6 Å². The number of methoxy groups -OCH3 is 1. The third kappa shape index (κ3) is 2.46. The first-order chi connectivity index (χ1) is 7.74. The van der Waals surface area contributed by atoms with Gasteiger partial charge in [0.1, 0.15) is 0 Å². The summed E-state index contributed by atoms with van der Waals surface area (Å²) in [5.74, 6) is 1.54. The van der Waals surface area contributed by atoms with Crippen LogP contribution in [0.2, 0.25) is 0 Å². The van der Waals surface area contributed by atoms with Crippen LogP contribution >= 0.6 is 0 Å². The number of ether oxygens (including phenoxy) is 1. The lowest BCUT2D eigenvalue weighted by molar-refractivity contribution is 0.398. The number of nitrogens with zero attached hydrogens (tertiary/aromatic N) is 1. The molecule has 3 nitrogen and oxygen atoms in total. The Kier molecular flexibility index (Phi) is 3.32. The van der Waals surface area contributed by atoms with Crippen molar-refractivity contribution in [3.8, 4) is 5.88 Å². The molecule has 1 fully saturated rings.